The molecule has 1 unspecified atom stereocenters. The second-order valence-corrected chi connectivity index (χ2v) is 5.41. The van der Waals surface area contributed by atoms with E-state index in [0.717, 1.165) is 19.3 Å². The molecular formula is C16H32O2. The lowest BCUT2D eigenvalue weighted by molar-refractivity contribution is -0.142. The van der Waals surface area contributed by atoms with Gasteiger partial charge in [-0.2, -0.15) is 0 Å². The highest BCUT2D eigenvalue weighted by Crippen LogP contribution is 2.16. The monoisotopic (exact) mass is 256 g/mol. The van der Waals surface area contributed by atoms with Crippen LogP contribution in [0.4, 0.5) is 0 Å². The Kier molecular flexibility index (Phi) is 12.5. The molecule has 0 rings (SSSR count). The van der Waals surface area contributed by atoms with Gasteiger partial charge in [0.05, 0.1) is 5.92 Å². The van der Waals surface area contributed by atoms with Crippen molar-refractivity contribution < 1.29 is 9.90 Å². The van der Waals surface area contributed by atoms with Crippen LogP contribution in [-0.2, 0) is 4.79 Å². The molecule has 0 aliphatic heterocycles. The van der Waals surface area contributed by atoms with Crippen molar-refractivity contribution in [3.05, 3.63) is 0 Å². The van der Waals surface area contributed by atoms with Crippen molar-refractivity contribution >= 4 is 5.97 Å². The molecule has 0 radical (unpaired) electrons. The molecule has 0 aromatic rings. The average Bonchev–Trinajstić information content (AvgIpc) is 2.35. The van der Waals surface area contributed by atoms with E-state index >= 15 is 0 Å². The normalized spacial score (nSPS) is 12.6. The summed E-state index contributed by atoms with van der Waals surface area (Å²) in [7, 11) is 0. The van der Waals surface area contributed by atoms with Crippen molar-refractivity contribution in [3.8, 4) is 0 Å². The van der Waals surface area contributed by atoms with Crippen molar-refractivity contribution in [2.75, 3.05) is 0 Å². The zero-order chi connectivity index (χ0) is 13.6. The first-order valence-corrected chi connectivity index (χ1v) is 7.95. The zero-order valence-corrected chi connectivity index (χ0v) is 12.4. The van der Waals surface area contributed by atoms with E-state index in [1.807, 2.05) is 6.92 Å². The second-order valence-electron chi connectivity index (χ2n) is 5.41. The smallest absolute Gasteiger partial charge is 0.306 e. The fourth-order valence-corrected chi connectivity index (χ4v) is 2.38. The fraction of sp³-hybridized carbons (Fsp3) is 0.938. The molecule has 0 aromatic heterocycles. The van der Waals surface area contributed by atoms with Gasteiger partial charge in [0.1, 0.15) is 0 Å². The lowest BCUT2D eigenvalue weighted by Gasteiger charge is -2.08. The molecule has 1 N–H and O–H groups in total. The fourth-order valence-electron chi connectivity index (χ4n) is 2.38. The second kappa shape index (κ2) is 12.9. The molecule has 0 aliphatic rings. The van der Waals surface area contributed by atoms with Gasteiger partial charge in [-0.3, -0.25) is 4.79 Å². The maximum Gasteiger partial charge on any atom is 0.306 e. The SMILES string of the molecule is CCCCCCCCCCCCC(CC)C(=O)O. The van der Waals surface area contributed by atoms with Crippen LogP contribution in [0.1, 0.15) is 90.9 Å². The van der Waals surface area contributed by atoms with Crippen LogP contribution in [0.25, 0.3) is 0 Å². The Morgan fingerprint density at radius 2 is 1.28 bits per heavy atom. The highest BCUT2D eigenvalue weighted by atomic mass is 16.4. The molecule has 0 spiro atoms. The molecule has 2 nitrogen and oxygen atoms in total. The van der Waals surface area contributed by atoms with Crippen LogP contribution in [0.3, 0.4) is 0 Å². The quantitative estimate of drug-likeness (QED) is 0.447. The first-order chi connectivity index (χ1) is 8.72. The Morgan fingerprint density at radius 3 is 1.67 bits per heavy atom. The number of carboxylic acid groups (broad SMARTS) is 1. The van der Waals surface area contributed by atoms with E-state index in [2.05, 4.69) is 6.92 Å². The Morgan fingerprint density at radius 1 is 0.833 bits per heavy atom. The van der Waals surface area contributed by atoms with E-state index in [9.17, 15) is 4.79 Å². The van der Waals surface area contributed by atoms with E-state index in [1.54, 1.807) is 0 Å². The van der Waals surface area contributed by atoms with Gasteiger partial charge in [-0.05, 0) is 12.8 Å². The highest BCUT2D eigenvalue weighted by Gasteiger charge is 2.13. The Labute approximate surface area is 113 Å². The number of hydrogen-bond donors (Lipinski definition) is 1. The molecule has 0 aromatic carbocycles. The minimum atomic E-state index is -0.617. The summed E-state index contributed by atoms with van der Waals surface area (Å²) in [6.45, 7) is 4.22. The van der Waals surface area contributed by atoms with Crippen LogP contribution in [0, 0.1) is 5.92 Å². The number of rotatable bonds is 13. The molecule has 0 aliphatic carbocycles. The first kappa shape index (κ1) is 17.5. The van der Waals surface area contributed by atoms with Gasteiger partial charge >= 0.3 is 5.97 Å². The molecule has 0 bridgehead atoms. The van der Waals surface area contributed by atoms with E-state index in [1.165, 1.54) is 57.8 Å². The maximum atomic E-state index is 10.8. The van der Waals surface area contributed by atoms with Crippen molar-refractivity contribution in [2.45, 2.75) is 90.9 Å². The number of hydrogen-bond acceptors (Lipinski definition) is 1. The molecule has 0 saturated carbocycles. The Balaban J connectivity index is 3.18. The van der Waals surface area contributed by atoms with Crippen LogP contribution in [0.2, 0.25) is 0 Å². The van der Waals surface area contributed by atoms with E-state index in [4.69, 9.17) is 5.11 Å². The summed E-state index contributed by atoms with van der Waals surface area (Å²) in [6, 6.07) is 0. The van der Waals surface area contributed by atoms with Gasteiger partial charge in [-0.15, -0.1) is 0 Å². The first-order valence-electron chi connectivity index (χ1n) is 7.95. The summed E-state index contributed by atoms with van der Waals surface area (Å²) < 4.78 is 0. The summed E-state index contributed by atoms with van der Waals surface area (Å²) >= 11 is 0. The maximum absolute atomic E-state index is 10.8. The number of unbranched alkanes of at least 4 members (excludes halogenated alkanes) is 9. The molecule has 18 heavy (non-hydrogen) atoms. The van der Waals surface area contributed by atoms with Gasteiger partial charge in [0.2, 0.25) is 0 Å². The third-order valence-corrected chi connectivity index (χ3v) is 3.75. The van der Waals surface area contributed by atoms with E-state index in [-0.39, 0.29) is 5.92 Å². The van der Waals surface area contributed by atoms with Gasteiger partial charge in [-0.1, -0.05) is 78.1 Å². The number of carboxylic acids is 1. The average molecular weight is 256 g/mol. The van der Waals surface area contributed by atoms with E-state index in [0.29, 0.717) is 0 Å². The molecule has 0 fully saturated rings. The largest absolute Gasteiger partial charge is 0.481 e. The van der Waals surface area contributed by atoms with Crippen LogP contribution >= 0.6 is 0 Å². The molecule has 2 heteroatoms. The lowest BCUT2D eigenvalue weighted by Crippen LogP contribution is -2.12. The molecule has 0 saturated heterocycles. The minimum Gasteiger partial charge on any atom is -0.481 e. The van der Waals surface area contributed by atoms with Crippen LogP contribution < -0.4 is 0 Å². The van der Waals surface area contributed by atoms with Crippen molar-refractivity contribution in [1.29, 1.82) is 0 Å². The summed E-state index contributed by atoms with van der Waals surface area (Å²) in [5.74, 6) is -0.729. The summed E-state index contributed by atoms with van der Waals surface area (Å²) in [5, 5.41) is 8.92. The molecular weight excluding hydrogens is 224 g/mol. The highest BCUT2D eigenvalue weighted by molar-refractivity contribution is 5.69. The summed E-state index contributed by atoms with van der Waals surface area (Å²) in [6.07, 6.45) is 14.8. The van der Waals surface area contributed by atoms with Crippen LogP contribution in [-0.4, -0.2) is 11.1 Å². The zero-order valence-electron chi connectivity index (χ0n) is 12.4. The lowest BCUT2D eigenvalue weighted by atomic mass is 9.98. The standard InChI is InChI=1S/C16H32O2/c1-3-5-6-7-8-9-10-11-12-13-14-15(4-2)16(17)18/h15H,3-14H2,1-2H3,(H,17,18). The third-order valence-electron chi connectivity index (χ3n) is 3.75. The predicted octanol–water partition coefficient (Wildman–Crippen LogP) is 5.41. The predicted molar refractivity (Wildman–Crippen MR) is 77.9 cm³/mol. The van der Waals surface area contributed by atoms with Gasteiger partial charge in [0.25, 0.3) is 0 Å². The van der Waals surface area contributed by atoms with Gasteiger partial charge in [0, 0.05) is 0 Å². The molecule has 1 atom stereocenters. The van der Waals surface area contributed by atoms with Crippen molar-refractivity contribution in [1.82, 2.24) is 0 Å². The van der Waals surface area contributed by atoms with Crippen molar-refractivity contribution in [3.63, 3.8) is 0 Å². The van der Waals surface area contributed by atoms with Gasteiger partial charge in [-0.25, -0.2) is 0 Å². The Bertz CT molecular complexity index is 190. The number of carbonyl (C=O) groups is 1. The summed E-state index contributed by atoms with van der Waals surface area (Å²) in [4.78, 5) is 10.8. The Hall–Kier alpha value is -0.530. The van der Waals surface area contributed by atoms with Crippen molar-refractivity contribution in [2.24, 2.45) is 5.92 Å². The van der Waals surface area contributed by atoms with Gasteiger partial charge in [0.15, 0.2) is 0 Å². The number of aliphatic carboxylic acids is 1. The van der Waals surface area contributed by atoms with Crippen LogP contribution in [0.5, 0.6) is 0 Å². The van der Waals surface area contributed by atoms with Gasteiger partial charge < -0.3 is 5.11 Å². The summed E-state index contributed by atoms with van der Waals surface area (Å²) in [5.41, 5.74) is 0. The molecule has 0 heterocycles. The third kappa shape index (κ3) is 10.6. The molecule has 108 valence electrons. The minimum absolute atomic E-state index is 0.112. The molecule has 0 amide bonds. The topological polar surface area (TPSA) is 37.3 Å². The van der Waals surface area contributed by atoms with E-state index < -0.39 is 5.97 Å². The van der Waals surface area contributed by atoms with Crippen LogP contribution in [0.15, 0.2) is 0 Å².